The van der Waals surface area contributed by atoms with Crippen LogP contribution >= 0.6 is 34.0 Å². The fourth-order valence-electron chi connectivity index (χ4n) is 19.3. The molecule has 0 saturated heterocycles. The minimum absolute atomic E-state index is 0.713. The molecular weight excluding hydrogens is 1740 g/mol. The highest BCUT2D eigenvalue weighted by molar-refractivity contribution is 7.25. The highest BCUT2D eigenvalue weighted by atomic mass is 32.1. The van der Waals surface area contributed by atoms with Crippen molar-refractivity contribution in [3.05, 3.63) is 491 Å². The monoisotopic (exact) mass is 1820 g/mol. The average Bonchev–Trinajstić information content (AvgIpc) is 1.57. The minimum Gasteiger partial charge on any atom is -0.299 e. The van der Waals surface area contributed by atoms with Crippen molar-refractivity contribution >= 4 is 112 Å². The second kappa shape index (κ2) is 35.8. The number of nitrogens with zero attached hydrogens (tertiary/aromatic N) is 9. The van der Waals surface area contributed by atoms with E-state index in [1.807, 2.05) is 107 Å². The third kappa shape index (κ3) is 15.5. The number of thiazole rings is 3. The third-order valence-electron chi connectivity index (χ3n) is 25.9. The maximum Gasteiger partial charge on any atom is 0.160 e. The first-order chi connectivity index (χ1) is 68.4. The molecule has 0 unspecified atom stereocenters. The van der Waals surface area contributed by atoms with E-state index in [0.29, 0.717) is 11.6 Å². The predicted molar refractivity (Wildman–Crippen MR) is 579 cm³/mol. The lowest BCUT2D eigenvalue weighted by atomic mass is 9.99. The number of benzene rings is 18. The van der Waals surface area contributed by atoms with Gasteiger partial charge in [0.25, 0.3) is 0 Å². The molecule has 0 atom stereocenters. The van der Waals surface area contributed by atoms with Crippen molar-refractivity contribution in [2.45, 2.75) is 0 Å². The number of hydrogen-bond acceptors (Lipinski definition) is 9. The van der Waals surface area contributed by atoms with Gasteiger partial charge in [0.05, 0.1) is 81.4 Å². The van der Waals surface area contributed by atoms with E-state index in [-0.39, 0.29) is 0 Å². The van der Waals surface area contributed by atoms with E-state index < -0.39 is 0 Å². The van der Waals surface area contributed by atoms with E-state index in [4.69, 9.17) is 29.9 Å². The summed E-state index contributed by atoms with van der Waals surface area (Å²) in [5.41, 5.74) is 36.6. The Morgan fingerprint density at radius 1 is 0.138 bits per heavy atom. The van der Waals surface area contributed by atoms with Gasteiger partial charge in [0, 0.05) is 82.9 Å². The summed E-state index contributed by atoms with van der Waals surface area (Å²) >= 11 is 5.54. The summed E-state index contributed by atoms with van der Waals surface area (Å²) in [4.78, 5) is 34.3. The molecule has 0 radical (unpaired) electrons. The molecule has 0 aliphatic rings. The molecule has 27 rings (SSSR count). The van der Waals surface area contributed by atoms with E-state index in [2.05, 4.69) is 432 Å². The quantitative estimate of drug-likeness (QED) is 0.102. The summed E-state index contributed by atoms with van der Waals surface area (Å²) in [7, 11) is 0. The van der Waals surface area contributed by atoms with Crippen LogP contribution in [0.1, 0.15) is 0 Å². The Hall–Kier alpha value is -17.5. The minimum atomic E-state index is 0.713. The summed E-state index contributed by atoms with van der Waals surface area (Å²) in [6, 6.07) is 173. The molecule has 0 aliphatic carbocycles. The van der Waals surface area contributed by atoms with Crippen LogP contribution in [0.2, 0.25) is 0 Å². The van der Waals surface area contributed by atoms with Crippen LogP contribution in [-0.4, -0.2) is 43.1 Å². The molecule has 0 amide bonds. The highest BCUT2D eigenvalue weighted by Gasteiger charge is 2.25. The molecule has 0 bridgehead atoms. The van der Waals surface area contributed by atoms with Gasteiger partial charge in [-0.3, -0.25) is 13.2 Å². The van der Waals surface area contributed by atoms with E-state index in [9.17, 15) is 0 Å². The molecule has 9 nitrogen and oxygen atoms in total. The number of fused-ring (bicyclic) bond motifs is 15. The van der Waals surface area contributed by atoms with Gasteiger partial charge in [-0.05, 0) is 141 Å². The lowest BCUT2D eigenvalue weighted by Crippen LogP contribution is -1.96. The normalized spacial score (nSPS) is 11.5. The van der Waals surface area contributed by atoms with E-state index in [1.54, 1.807) is 0 Å². The van der Waals surface area contributed by atoms with E-state index in [0.717, 1.165) is 95.6 Å². The molecule has 0 fully saturated rings. The Morgan fingerprint density at radius 2 is 0.341 bits per heavy atom. The number of para-hydroxylation sites is 6. The van der Waals surface area contributed by atoms with Gasteiger partial charge in [0.1, 0.15) is 14.5 Å². The van der Waals surface area contributed by atoms with Crippen molar-refractivity contribution in [1.82, 2.24) is 43.1 Å². The van der Waals surface area contributed by atoms with Gasteiger partial charge in [-0.15, -0.1) is 34.0 Å². The molecule has 648 valence electrons. The van der Waals surface area contributed by atoms with E-state index in [1.165, 1.54) is 139 Å². The molecule has 18 aromatic carbocycles. The van der Waals surface area contributed by atoms with Crippen LogP contribution in [0.3, 0.4) is 0 Å². The molecule has 0 aliphatic heterocycles. The summed E-state index contributed by atoms with van der Waals surface area (Å²) in [5, 5.41) is 3.77. The van der Waals surface area contributed by atoms with Crippen LogP contribution in [-0.2, 0) is 0 Å². The lowest BCUT2D eigenvalue weighted by molar-refractivity contribution is 1.18. The second-order valence-corrected chi connectivity index (χ2v) is 37.5. The van der Waals surface area contributed by atoms with Crippen molar-refractivity contribution in [2.75, 3.05) is 0 Å². The Balaban J connectivity index is 0.000000110. The topological polar surface area (TPSA) is 90.6 Å². The van der Waals surface area contributed by atoms with Gasteiger partial charge in [-0.1, -0.05) is 400 Å². The first kappa shape index (κ1) is 82.4. The maximum atomic E-state index is 5.15. The second-order valence-electron chi connectivity index (χ2n) is 34.4. The Labute approximate surface area is 808 Å². The Morgan fingerprint density at radius 3 is 0.652 bits per heavy atom. The van der Waals surface area contributed by atoms with Crippen LogP contribution in [0, 0.1) is 0 Å². The summed E-state index contributed by atoms with van der Waals surface area (Å²) < 4.78 is 11.1. The average molecular weight is 1820 g/mol. The van der Waals surface area contributed by atoms with Gasteiger partial charge >= 0.3 is 0 Å². The summed E-state index contributed by atoms with van der Waals surface area (Å²) in [6.07, 6.45) is 0. The smallest absolute Gasteiger partial charge is 0.160 e. The molecule has 0 spiro atoms. The van der Waals surface area contributed by atoms with Crippen LogP contribution in [0.15, 0.2) is 491 Å². The lowest BCUT2D eigenvalue weighted by Gasteiger charge is -2.11. The van der Waals surface area contributed by atoms with Crippen molar-refractivity contribution in [3.63, 3.8) is 0 Å². The third-order valence-corrected chi connectivity index (χ3v) is 29.3. The first-order valence-corrected chi connectivity index (χ1v) is 48.7. The van der Waals surface area contributed by atoms with Crippen LogP contribution in [0.25, 0.3) is 246 Å². The highest BCUT2D eigenvalue weighted by Crippen LogP contribution is 2.48. The first-order valence-electron chi connectivity index (χ1n) is 46.3. The molecular formula is C126H81N9S3. The Bertz CT molecular complexity index is 9230. The maximum absolute atomic E-state index is 5.15. The van der Waals surface area contributed by atoms with Crippen LogP contribution in [0.4, 0.5) is 0 Å². The number of rotatable bonds is 15. The SMILES string of the molecule is c1ccc(-c2ccc(-c3cc(-c4ccc(-c5c6ccccc6n6c5sc5ccccc56)cc4)nc(-c4ccccc4)n3)cc2)cc1.c1ccc(-c2ccc(-c3cc(-c4cccc(-c5c6ccccc6n6c5sc5ccccc56)c4)nc(-c4ccccc4)n3)cc2)cc1.c1ccc(-c2cccc(-c3cc(-c4cccc(-c5c6ccccc6n6c5sc5ccccc56)c4)nc(-c4ccccc4)n3)c2)cc1. The molecule has 0 N–H and O–H groups in total. The molecule has 138 heavy (non-hydrogen) atoms. The molecule has 0 saturated carbocycles. The number of hydrogen-bond donors (Lipinski definition) is 0. The fourth-order valence-corrected chi connectivity index (χ4v) is 23.0. The zero-order valence-electron chi connectivity index (χ0n) is 74.5. The zero-order valence-corrected chi connectivity index (χ0v) is 77.0. The molecule has 27 aromatic rings. The Kier molecular flexibility index (Phi) is 21.4. The summed E-state index contributed by atoms with van der Waals surface area (Å²) in [5.74, 6) is 2.14. The standard InChI is InChI=1S/3C42H27N3S/c1-3-13-28(14-4-1)30-17-11-18-31(25-30)35-27-36(44-41(43-35)29-15-5-2-6-16-29)32-19-12-20-33(26-32)40-34-21-7-8-22-37(34)45-38-23-9-10-24-39(38)46-42(40)45;1-3-12-28(13-4-1)29-22-24-30(25-23-29)35-27-36(44-41(43-35)31-14-5-2-6-15-31)32-16-11-17-33(26-32)40-34-18-7-8-19-37(34)45-38-20-9-10-21-39(38)46-42(40)45;1-3-11-28(12-4-1)29-19-21-30(22-20-29)35-27-36(44-41(43-35)33-13-5-2-6-14-33)31-23-25-32(26-24-31)40-34-15-7-8-16-37(34)45-38-17-9-10-18-39(38)46-42(40)45/h3*1-27H. The molecule has 12 heteroatoms. The van der Waals surface area contributed by atoms with Gasteiger partial charge < -0.3 is 0 Å². The van der Waals surface area contributed by atoms with Gasteiger partial charge in [-0.25, -0.2) is 29.9 Å². The van der Waals surface area contributed by atoms with Crippen molar-refractivity contribution < 1.29 is 0 Å². The van der Waals surface area contributed by atoms with Gasteiger partial charge in [-0.2, -0.15) is 0 Å². The fraction of sp³-hybridized carbons (Fsp3) is 0. The summed E-state index contributed by atoms with van der Waals surface area (Å²) in [6.45, 7) is 0. The van der Waals surface area contributed by atoms with Crippen LogP contribution in [0.5, 0.6) is 0 Å². The van der Waals surface area contributed by atoms with Crippen molar-refractivity contribution in [1.29, 1.82) is 0 Å². The van der Waals surface area contributed by atoms with Gasteiger partial charge in [0.15, 0.2) is 17.5 Å². The van der Waals surface area contributed by atoms with Crippen molar-refractivity contribution in [3.8, 4) is 168 Å². The molecule has 9 heterocycles. The zero-order chi connectivity index (χ0) is 91.4. The largest absolute Gasteiger partial charge is 0.299 e. The van der Waals surface area contributed by atoms with Crippen molar-refractivity contribution in [2.24, 2.45) is 0 Å². The van der Waals surface area contributed by atoms with Gasteiger partial charge in [0.2, 0.25) is 0 Å². The molecule has 9 aromatic heterocycles. The van der Waals surface area contributed by atoms with E-state index >= 15 is 0 Å². The predicted octanol–water partition coefficient (Wildman–Crippen LogP) is 34.3. The number of aromatic nitrogens is 9. The van der Waals surface area contributed by atoms with Crippen LogP contribution < -0.4 is 0 Å².